The Morgan fingerprint density at radius 2 is 2.50 bits per heavy atom. The van der Waals surface area contributed by atoms with E-state index in [-0.39, 0.29) is 12.4 Å². The third-order valence-corrected chi connectivity index (χ3v) is 1.50. The number of halogens is 1. The Hall–Kier alpha value is 0.110. The molecule has 1 aliphatic heterocycles. The summed E-state index contributed by atoms with van der Waals surface area (Å²) in [4.78, 5) is 4.12. The minimum Gasteiger partial charge on any atom is -0.363 e. The molecule has 0 aromatic rings. The van der Waals surface area contributed by atoms with Crippen molar-refractivity contribution in [3.8, 4) is 0 Å². The average Bonchev–Trinajstić information content (AvgIpc) is 2.14. The first-order chi connectivity index (χ1) is 3.43. The molecule has 0 fully saturated rings. The van der Waals surface area contributed by atoms with Gasteiger partial charge in [-0.25, -0.2) is 0 Å². The van der Waals surface area contributed by atoms with E-state index in [1.165, 1.54) is 0 Å². The van der Waals surface area contributed by atoms with Gasteiger partial charge in [-0.05, 0) is 6.26 Å². The summed E-state index contributed by atoms with van der Waals surface area (Å²) in [5.74, 6) is 0. The predicted octanol–water partition coefficient (Wildman–Crippen LogP) is 0.730. The van der Waals surface area contributed by atoms with Crippen molar-refractivity contribution in [2.75, 3.05) is 19.3 Å². The van der Waals surface area contributed by atoms with Crippen molar-refractivity contribution in [1.29, 1.82) is 0 Å². The van der Waals surface area contributed by atoms with Gasteiger partial charge in [0.15, 0.2) is 5.17 Å². The van der Waals surface area contributed by atoms with Crippen LogP contribution in [0.25, 0.3) is 0 Å². The van der Waals surface area contributed by atoms with E-state index in [1.807, 2.05) is 6.26 Å². The molecule has 0 amide bonds. The maximum Gasteiger partial charge on any atom is 0.156 e. The first-order valence-electron chi connectivity index (χ1n) is 2.26. The zero-order chi connectivity index (χ0) is 5.11. The monoisotopic (exact) mass is 152 g/mol. The quantitative estimate of drug-likeness (QED) is 0.554. The summed E-state index contributed by atoms with van der Waals surface area (Å²) in [7, 11) is 0. The highest BCUT2D eigenvalue weighted by molar-refractivity contribution is 8.13. The van der Waals surface area contributed by atoms with Gasteiger partial charge in [0, 0.05) is 6.54 Å². The molecule has 1 aliphatic rings. The number of nitrogens with one attached hydrogen (secondary N) is 1. The summed E-state index contributed by atoms with van der Waals surface area (Å²) in [5, 5.41) is 4.20. The zero-order valence-corrected chi connectivity index (χ0v) is 6.31. The number of hydrogen-bond donors (Lipinski definition) is 1. The van der Waals surface area contributed by atoms with E-state index in [2.05, 4.69) is 10.3 Å². The molecule has 0 radical (unpaired) electrons. The molecule has 48 valence electrons. The van der Waals surface area contributed by atoms with Crippen LogP contribution in [-0.4, -0.2) is 24.5 Å². The van der Waals surface area contributed by atoms with E-state index >= 15 is 0 Å². The first-order valence-corrected chi connectivity index (χ1v) is 3.48. The Bertz CT molecular complexity index is 94.0. The van der Waals surface area contributed by atoms with E-state index in [1.54, 1.807) is 11.8 Å². The Labute approximate surface area is 59.5 Å². The molecule has 0 bridgehead atoms. The van der Waals surface area contributed by atoms with E-state index in [0.717, 1.165) is 18.3 Å². The van der Waals surface area contributed by atoms with Gasteiger partial charge in [0.1, 0.15) is 0 Å². The summed E-state index contributed by atoms with van der Waals surface area (Å²) in [6.07, 6.45) is 2.02. The fraction of sp³-hybridized carbons (Fsp3) is 0.750. The van der Waals surface area contributed by atoms with Gasteiger partial charge < -0.3 is 5.32 Å². The fourth-order valence-electron chi connectivity index (χ4n) is 0.513. The van der Waals surface area contributed by atoms with E-state index in [9.17, 15) is 0 Å². The number of nitrogens with zero attached hydrogens (tertiary/aromatic N) is 1. The molecule has 0 atom stereocenters. The van der Waals surface area contributed by atoms with Crippen molar-refractivity contribution in [2.24, 2.45) is 4.99 Å². The summed E-state index contributed by atoms with van der Waals surface area (Å²) in [6.45, 7) is 1.98. The van der Waals surface area contributed by atoms with Gasteiger partial charge >= 0.3 is 0 Å². The van der Waals surface area contributed by atoms with Crippen LogP contribution >= 0.6 is 24.2 Å². The Morgan fingerprint density at radius 1 is 1.75 bits per heavy atom. The number of amidine groups is 1. The van der Waals surface area contributed by atoms with Crippen molar-refractivity contribution >= 4 is 29.3 Å². The minimum atomic E-state index is 0. The van der Waals surface area contributed by atoms with Crippen molar-refractivity contribution in [2.45, 2.75) is 0 Å². The highest BCUT2D eigenvalue weighted by Crippen LogP contribution is 1.97. The van der Waals surface area contributed by atoms with Crippen molar-refractivity contribution in [3.63, 3.8) is 0 Å². The van der Waals surface area contributed by atoms with Gasteiger partial charge in [-0.3, -0.25) is 4.99 Å². The Balaban J connectivity index is 0.000000490. The molecule has 0 unspecified atom stereocenters. The lowest BCUT2D eigenvalue weighted by atomic mass is 10.7. The lowest BCUT2D eigenvalue weighted by Crippen LogP contribution is -2.14. The van der Waals surface area contributed by atoms with Crippen LogP contribution in [0.5, 0.6) is 0 Å². The highest BCUT2D eigenvalue weighted by Gasteiger charge is 1.99. The largest absolute Gasteiger partial charge is 0.363 e. The zero-order valence-electron chi connectivity index (χ0n) is 4.68. The first kappa shape index (κ1) is 8.11. The number of thioether (sulfide) groups is 1. The second-order valence-electron chi connectivity index (χ2n) is 1.32. The third-order valence-electron chi connectivity index (χ3n) is 0.837. The number of hydrogen-bond acceptors (Lipinski definition) is 3. The number of rotatable bonds is 0. The summed E-state index contributed by atoms with van der Waals surface area (Å²) < 4.78 is 0. The fourth-order valence-corrected chi connectivity index (χ4v) is 0.980. The van der Waals surface area contributed by atoms with Crippen LogP contribution in [-0.2, 0) is 0 Å². The highest BCUT2D eigenvalue weighted by atomic mass is 35.5. The molecule has 0 aromatic heterocycles. The molecule has 0 spiro atoms. The molecule has 1 rings (SSSR count). The van der Waals surface area contributed by atoms with Crippen molar-refractivity contribution in [1.82, 2.24) is 5.32 Å². The lowest BCUT2D eigenvalue weighted by molar-refractivity contribution is 0.963. The normalized spacial score (nSPS) is 16.4. The maximum atomic E-state index is 4.12. The van der Waals surface area contributed by atoms with Crippen LogP contribution in [0.15, 0.2) is 4.99 Å². The lowest BCUT2D eigenvalue weighted by Gasteiger charge is -1.91. The molecule has 0 saturated carbocycles. The predicted molar refractivity (Wildman–Crippen MR) is 41.1 cm³/mol. The molecule has 2 nitrogen and oxygen atoms in total. The molecule has 0 aromatic carbocycles. The molecule has 0 saturated heterocycles. The van der Waals surface area contributed by atoms with Gasteiger partial charge in [-0.1, -0.05) is 11.8 Å². The summed E-state index contributed by atoms with van der Waals surface area (Å²) in [5.41, 5.74) is 0. The van der Waals surface area contributed by atoms with Crippen LogP contribution in [0.2, 0.25) is 0 Å². The number of aliphatic imine (C=N–C) groups is 1. The molecular weight excluding hydrogens is 144 g/mol. The van der Waals surface area contributed by atoms with Crippen LogP contribution in [0.3, 0.4) is 0 Å². The van der Waals surface area contributed by atoms with Gasteiger partial charge in [-0.2, -0.15) is 0 Å². The topological polar surface area (TPSA) is 24.4 Å². The molecule has 1 N–H and O–H groups in total. The average molecular weight is 153 g/mol. The van der Waals surface area contributed by atoms with E-state index < -0.39 is 0 Å². The van der Waals surface area contributed by atoms with E-state index in [4.69, 9.17) is 0 Å². The van der Waals surface area contributed by atoms with Crippen LogP contribution in [0, 0.1) is 0 Å². The van der Waals surface area contributed by atoms with Crippen LogP contribution in [0.1, 0.15) is 0 Å². The van der Waals surface area contributed by atoms with E-state index in [0.29, 0.717) is 0 Å². The van der Waals surface area contributed by atoms with Crippen molar-refractivity contribution in [3.05, 3.63) is 0 Å². The minimum absolute atomic E-state index is 0. The maximum absolute atomic E-state index is 4.12. The van der Waals surface area contributed by atoms with Gasteiger partial charge in [-0.15, -0.1) is 12.4 Å². The SMILES string of the molecule is CSC1=NCCN1.Cl. The van der Waals surface area contributed by atoms with Gasteiger partial charge in [0.25, 0.3) is 0 Å². The third kappa shape index (κ3) is 1.92. The van der Waals surface area contributed by atoms with Crippen molar-refractivity contribution < 1.29 is 0 Å². The molecule has 8 heavy (non-hydrogen) atoms. The Kier molecular flexibility index (Phi) is 4.09. The van der Waals surface area contributed by atoms with Crippen LogP contribution in [0.4, 0.5) is 0 Å². The standard InChI is InChI=1S/C4H8N2S.ClH/c1-7-4-5-2-3-6-4;/h2-3H2,1H3,(H,5,6);1H. The second kappa shape index (κ2) is 4.04. The molecule has 4 heteroatoms. The Morgan fingerprint density at radius 3 is 2.75 bits per heavy atom. The summed E-state index contributed by atoms with van der Waals surface area (Å²) >= 11 is 1.67. The second-order valence-corrected chi connectivity index (χ2v) is 2.11. The van der Waals surface area contributed by atoms with Crippen LogP contribution < -0.4 is 5.32 Å². The molecule has 1 heterocycles. The summed E-state index contributed by atoms with van der Waals surface area (Å²) in [6, 6.07) is 0. The molecular formula is C4H9ClN2S. The van der Waals surface area contributed by atoms with Gasteiger partial charge in [0.2, 0.25) is 0 Å². The molecule has 0 aliphatic carbocycles. The smallest absolute Gasteiger partial charge is 0.156 e. The van der Waals surface area contributed by atoms with Gasteiger partial charge in [0.05, 0.1) is 6.54 Å².